The number of halogens is 1. The standard InChI is InChI=1S/C9H10ClNO/c1-7(12)8-3-2-4-9(5-8)11-6-10/h2-5,11H,6H2,1H3. The average Bonchev–Trinajstić information content (AvgIpc) is 2.05. The van der Waals surface area contributed by atoms with E-state index in [1.54, 1.807) is 19.1 Å². The molecule has 12 heavy (non-hydrogen) atoms. The van der Waals surface area contributed by atoms with Gasteiger partial charge in [-0.05, 0) is 19.1 Å². The minimum absolute atomic E-state index is 0.0632. The van der Waals surface area contributed by atoms with Crippen LogP contribution in [-0.4, -0.2) is 11.8 Å². The first-order valence-electron chi connectivity index (χ1n) is 3.65. The van der Waals surface area contributed by atoms with Crippen molar-refractivity contribution in [1.29, 1.82) is 0 Å². The van der Waals surface area contributed by atoms with Crippen molar-refractivity contribution in [2.75, 3.05) is 11.3 Å². The van der Waals surface area contributed by atoms with Gasteiger partial charge in [-0.15, -0.1) is 11.6 Å². The molecule has 0 aliphatic rings. The van der Waals surface area contributed by atoms with Gasteiger partial charge in [-0.1, -0.05) is 12.1 Å². The summed E-state index contributed by atoms with van der Waals surface area (Å²) in [4.78, 5) is 10.9. The molecule has 0 saturated carbocycles. The summed E-state index contributed by atoms with van der Waals surface area (Å²) in [6.07, 6.45) is 0. The van der Waals surface area contributed by atoms with Gasteiger partial charge >= 0.3 is 0 Å². The lowest BCUT2D eigenvalue weighted by Gasteiger charge is -2.02. The maximum absolute atomic E-state index is 10.9. The third kappa shape index (κ3) is 2.24. The van der Waals surface area contributed by atoms with Gasteiger partial charge in [0.05, 0.1) is 6.00 Å². The smallest absolute Gasteiger partial charge is 0.159 e. The summed E-state index contributed by atoms with van der Waals surface area (Å²) in [5, 5.41) is 2.92. The maximum atomic E-state index is 10.9. The van der Waals surface area contributed by atoms with Crippen LogP contribution in [0, 0.1) is 0 Å². The van der Waals surface area contributed by atoms with Crippen LogP contribution in [0.1, 0.15) is 17.3 Å². The summed E-state index contributed by atoms with van der Waals surface area (Å²) in [7, 11) is 0. The minimum Gasteiger partial charge on any atom is -0.372 e. The van der Waals surface area contributed by atoms with Gasteiger partial charge in [-0.25, -0.2) is 0 Å². The van der Waals surface area contributed by atoms with Crippen LogP contribution in [0.4, 0.5) is 5.69 Å². The normalized spacial score (nSPS) is 9.50. The van der Waals surface area contributed by atoms with E-state index in [0.29, 0.717) is 11.6 Å². The lowest BCUT2D eigenvalue weighted by molar-refractivity contribution is 0.101. The Labute approximate surface area is 76.5 Å². The van der Waals surface area contributed by atoms with Crippen LogP contribution in [0.5, 0.6) is 0 Å². The van der Waals surface area contributed by atoms with Crippen molar-refractivity contribution in [1.82, 2.24) is 0 Å². The molecular formula is C9H10ClNO. The van der Waals surface area contributed by atoms with E-state index in [1.165, 1.54) is 0 Å². The highest BCUT2D eigenvalue weighted by Gasteiger charge is 1.98. The molecule has 3 heteroatoms. The van der Waals surface area contributed by atoms with Gasteiger partial charge < -0.3 is 5.32 Å². The average molecular weight is 184 g/mol. The monoisotopic (exact) mass is 183 g/mol. The number of rotatable bonds is 3. The van der Waals surface area contributed by atoms with Gasteiger partial charge in [0.1, 0.15) is 0 Å². The van der Waals surface area contributed by atoms with Gasteiger partial charge in [0.25, 0.3) is 0 Å². The zero-order valence-corrected chi connectivity index (χ0v) is 7.56. The Morgan fingerprint density at radius 3 is 2.92 bits per heavy atom. The predicted octanol–water partition coefficient (Wildman–Crippen LogP) is 2.50. The number of Topliss-reactive ketones (excluding diaryl/α,β-unsaturated/α-hetero) is 1. The summed E-state index contributed by atoms with van der Waals surface area (Å²) in [5.41, 5.74) is 1.57. The highest BCUT2D eigenvalue weighted by molar-refractivity contribution is 6.18. The van der Waals surface area contributed by atoms with Crippen molar-refractivity contribution in [3.63, 3.8) is 0 Å². The SMILES string of the molecule is CC(=O)c1cccc(NCCl)c1. The third-order valence-corrected chi connectivity index (χ3v) is 1.67. The van der Waals surface area contributed by atoms with Crippen molar-refractivity contribution in [3.05, 3.63) is 29.8 Å². The van der Waals surface area contributed by atoms with E-state index < -0.39 is 0 Å². The molecule has 0 atom stereocenters. The van der Waals surface area contributed by atoms with E-state index in [0.717, 1.165) is 5.69 Å². The molecule has 0 unspecified atom stereocenters. The molecule has 0 aliphatic heterocycles. The molecule has 2 nitrogen and oxygen atoms in total. The molecule has 1 aromatic rings. The Bertz CT molecular complexity index is 286. The zero-order chi connectivity index (χ0) is 8.97. The van der Waals surface area contributed by atoms with Crippen LogP contribution in [0.3, 0.4) is 0 Å². The van der Waals surface area contributed by atoms with E-state index in [2.05, 4.69) is 5.32 Å². The fourth-order valence-electron chi connectivity index (χ4n) is 0.925. The number of hydrogen-bond donors (Lipinski definition) is 1. The van der Waals surface area contributed by atoms with Crippen LogP contribution in [0.25, 0.3) is 0 Å². The van der Waals surface area contributed by atoms with E-state index >= 15 is 0 Å². The molecule has 0 amide bonds. The van der Waals surface area contributed by atoms with Crippen LogP contribution in [0.2, 0.25) is 0 Å². The Hall–Kier alpha value is -1.02. The van der Waals surface area contributed by atoms with E-state index in [1.807, 2.05) is 12.1 Å². The lowest BCUT2D eigenvalue weighted by Crippen LogP contribution is -1.97. The van der Waals surface area contributed by atoms with E-state index in [9.17, 15) is 4.79 Å². The molecule has 0 spiro atoms. The van der Waals surface area contributed by atoms with Crippen molar-refractivity contribution in [2.45, 2.75) is 6.92 Å². The number of benzene rings is 1. The first-order valence-corrected chi connectivity index (χ1v) is 4.18. The summed E-state index contributed by atoms with van der Waals surface area (Å²) in [6, 6.07) is 7.61. The summed E-state index contributed by atoms with van der Waals surface area (Å²) < 4.78 is 0. The second kappa shape index (κ2) is 4.12. The molecule has 64 valence electrons. The van der Waals surface area contributed by atoms with Crippen LogP contribution >= 0.6 is 11.6 Å². The Morgan fingerprint density at radius 1 is 1.58 bits per heavy atom. The summed E-state index contributed by atoms with van der Waals surface area (Å²) in [5.74, 6) is 0.0632. The lowest BCUT2D eigenvalue weighted by atomic mass is 10.1. The second-order valence-corrected chi connectivity index (χ2v) is 2.71. The number of anilines is 1. The zero-order valence-electron chi connectivity index (χ0n) is 6.80. The van der Waals surface area contributed by atoms with Gasteiger partial charge in [-0.2, -0.15) is 0 Å². The molecule has 0 aliphatic carbocycles. The number of carbonyl (C=O) groups is 1. The molecular weight excluding hydrogens is 174 g/mol. The molecule has 0 fully saturated rings. The molecule has 0 radical (unpaired) electrons. The first-order chi connectivity index (χ1) is 5.74. The highest BCUT2D eigenvalue weighted by Crippen LogP contribution is 2.10. The molecule has 0 bridgehead atoms. The largest absolute Gasteiger partial charge is 0.372 e. The molecule has 1 rings (SSSR count). The molecule has 0 saturated heterocycles. The van der Waals surface area contributed by atoms with Gasteiger partial charge in [0.15, 0.2) is 5.78 Å². The minimum atomic E-state index is 0.0632. The summed E-state index contributed by atoms with van der Waals surface area (Å²) >= 11 is 5.47. The highest BCUT2D eigenvalue weighted by atomic mass is 35.5. The molecule has 1 aromatic carbocycles. The van der Waals surface area contributed by atoms with Gasteiger partial charge in [-0.3, -0.25) is 4.79 Å². The number of nitrogens with one attached hydrogen (secondary N) is 1. The molecule has 0 heterocycles. The van der Waals surface area contributed by atoms with Crippen LogP contribution < -0.4 is 5.32 Å². The van der Waals surface area contributed by atoms with E-state index in [4.69, 9.17) is 11.6 Å². The van der Waals surface area contributed by atoms with Crippen molar-refractivity contribution >= 4 is 23.1 Å². The number of alkyl halides is 1. The Balaban J connectivity index is 2.88. The number of hydrogen-bond acceptors (Lipinski definition) is 2. The first kappa shape index (κ1) is 9.07. The second-order valence-electron chi connectivity index (χ2n) is 2.45. The fraction of sp³-hybridized carbons (Fsp3) is 0.222. The number of ketones is 1. The van der Waals surface area contributed by atoms with Crippen molar-refractivity contribution in [2.24, 2.45) is 0 Å². The van der Waals surface area contributed by atoms with Gasteiger partial charge in [0, 0.05) is 11.3 Å². The fourth-order valence-corrected chi connectivity index (χ4v) is 1.08. The van der Waals surface area contributed by atoms with Crippen LogP contribution in [0.15, 0.2) is 24.3 Å². The maximum Gasteiger partial charge on any atom is 0.159 e. The predicted molar refractivity (Wildman–Crippen MR) is 50.8 cm³/mol. The van der Waals surface area contributed by atoms with E-state index in [-0.39, 0.29) is 5.78 Å². The molecule has 0 aromatic heterocycles. The summed E-state index contributed by atoms with van der Waals surface area (Å²) in [6.45, 7) is 1.54. The van der Waals surface area contributed by atoms with Crippen LogP contribution in [-0.2, 0) is 0 Å². The van der Waals surface area contributed by atoms with Crippen molar-refractivity contribution < 1.29 is 4.79 Å². The Morgan fingerprint density at radius 2 is 2.33 bits per heavy atom. The number of carbonyl (C=O) groups excluding carboxylic acids is 1. The molecule has 1 N–H and O–H groups in total. The third-order valence-electron chi connectivity index (χ3n) is 1.54. The quantitative estimate of drug-likeness (QED) is 0.443. The Kier molecular flexibility index (Phi) is 3.11. The topological polar surface area (TPSA) is 29.1 Å². The van der Waals surface area contributed by atoms with Crippen molar-refractivity contribution in [3.8, 4) is 0 Å². The van der Waals surface area contributed by atoms with Gasteiger partial charge in [0.2, 0.25) is 0 Å².